The summed E-state index contributed by atoms with van der Waals surface area (Å²) < 4.78 is 36.0. The summed E-state index contributed by atoms with van der Waals surface area (Å²) in [5.41, 5.74) is -0.208. The highest BCUT2D eigenvalue weighted by atomic mass is 79.9. The van der Waals surface area contributed by atoms with Gasteiger partial charge in [0.1, 0.15) is 12.5 Å². The molecule has 1 rings (SSSR count). The smallest absolute Gasteiger partial charge is 0.327 e. The highest BCUT2D eigenvalue weighted by Crippen LogP contribution is 2.37. The summed E-state index contributed by atoms with van der Waals surface area (Å²) in [7, 11) is 0. The predicted octanol–water partition coefficient (Wildman–Crippen LogP) is 4.02. The third kappa shape index (κ3) is 4.18. The van der Waals surface area contributed by atoms with E-state index in [1.54, 1.807) is 0 Å². The van der Waals surface area contributed by atoms with Gasteiger partial charge in [-0.25, -0.2) is 0 Å². The van der Waals surface area contributed by atoms with E-state index in [1.807, 2.05) is 0 Å². The Bertz CT molecular complexity index is 513. The number of halogens is 6. The van der Waals surface area contributed by atoms with Gasteiger partial charge in [0, 0.05) is 20.5 Å². The van der Waals surface area contributed by atoms with E-state index < -0.39 is 4.83 Å². The maximum absolute atomic E-state index is 13.2. The minimum Gasteiger partial charge on any atom is -0.425 e. The van der Waals surface area contributed by atoms with Crippen molar-refractivity contribution in [2.75, 3.05) is 0 Å². The van der Waals surface area contributed by atoms with Gasteiger partial charge in [0.15, 0.2) is 32.5 Å². The molecule has 0 unspecified atom stereocenters. The summed E-state index contributed by atoms with van der Waals surface area (Å²) in [6.07, 6.45) is 2.62. The largest absolute Gasteiger partial charge is 0.425 e. The van der Waals surface area contributed by atoms with Crippen LogP contribution in [0.15, 0.2) is 16.6 Å². The molecule has 94 valence electrons. The number of hydrogen-bond donors (Lipinski definition) is 0. The summed E-state index contributed by atoms with van der Waals surface area (Å²) in [6.45, 7) is 0. The first kappa shape index (κ1) is 15.4. The van der Waals surface area contributed by atoms with Gasteiger partial charge in [-0.1, -0.05) is 15.9 Å². The number of hydrogen-bond acceptors (Lipinski definition) is 2. The van der Waals surface area contributed by atoms with Gasteiger partial charge in [-0.15, -0.1) is 0 Å². The average molecular weight is 502 g/mol. The zero-order valence-electron chi connectivity index (χ0n) is 7.89. The van der Waals surface area contributed by atoms with Crippen molar-refractivity contribution in [3.63, 3.8) is 0 Å². The van der Waals surface area contributed by atoms with Crippen LogP contribution in [0.1, 0.15) is 5.56 Å². The molecule has 0 amide bonds. The van der Waals surface area contributed by atoms with Gasteiger partial charge in [0.25, 0.3) is 0 Å². The zero-order chi connectivity index (χ0) is 13.1. The van der Waals surface area contributed by atoms with Crippen molar-refractivity contribution in [3.05, 3.63) is 32.6 Å². The van der Waals surface area contributed by atoms with Crippen LogP contribution in [0, 0.1) is 0 Å². The molecule has 2 nitrogen and oxygen atoms in total. The molecule has 0 aliphatic heterocycles. The Morgan fingerprint density at radius 2 is 1.53 bits per heavy atom. The first-order valence-electron chi connectivity index (χ1n) is 4.02. The highest BCUT2D eigenvalue weighted by Gasteiger charge is 2.29. The van der Waals surface area contributed by atoms with E-state index in [0.717, 1.165) is 0 Å². The van der Waals surface area contributed by atoms with E-state index in [0.29, 0.717) is 10.4 Å². The minimum atomic E-state index is -3.13. The topological polar surface area (TPSA) is 18.5 Å². The molecule has 0 saturated heterocycles. The van der Waals surface area contributed by atoms with Gasteiger partial charge in [-0.2, -0.15) is 8.78 Å². The number of rotatable bonds is 3. The molecule has 0 aromatic heterocycles. The number of alkyl halides is 3. The predicted molar refractivity (Wildman–Crippen MR) is 75.2 cm³/mol. The molecule has 1 aromatic rings. The highest BCUT2D eigenvalue weighted by molar-refractivity contribution is 9.11. The van der Waals surface area contributed by atoms with Crippen LogP contribution in [-0.2, 0) is 12.5 Å². The van der Waals surface area contributed by atoms with E-state index in [-0.39, 0.29) is 10.0 Å². The van der Waals surface area contributed by atoms with Gasteiger partial charge in [-0.05, 0) is 28.1 Å². The molecule has 0 saturated carbocycles. The van der Waals surface area contributed by atoms with Crippen LogP contribution < -0.4 is 10.4 Å². The van der Waals surface area contributed by atoms with Crippen LogP contribution >= 0.6 is 64.4 Å². The van der Waals surface area contributed by atoms with Crippen molar-refractivity contribution in [1.82, 2.24) is 0 Å². The second kappa shape index (κ2) is 6.49. The molecule has 0 fully saturated rings. The van der Waals surface area contributed by atoms with E-state index in [9.17, 15) is 8.78 Å². The summed E-state index contributed by atoms with van der Waals surface area (Å²) in [6, 6.07) is 2.77. The average Bonchev–Trinajstić information content (AvgIpc) is 2.20. The maximum Gasteiger partial charge on any atom is 0.327 e. The van der Waals surface area contributed by atoms with E-state index in [2.05, 4.69) is 72.0 Å². The van der Waals surface area contributed by atoms with Gasteiger partial charge in [0.2, 0.25) is 0 Å². The molecular formula is C9H4Br4F2O2. The van der Waals surface area contributed by atoms with E-state index in [4.69, 9.17) is 0 Å². The van der Waals surface area contributed by atoms with Crippen LogP contribution in [0.2, 0.25) is 0 Å². The monoisotopic (exact) mass is 498 g/mol. The van der Waals surface area contributed by atoms with Crippen LogP contribution in [0.5, 0.6) is 0 Å². The quantitative estimate of drug-likeness (QED) is 0.583. The third-order valence-corrected chi connectivity index (χ3v) is 3.28. The van der Waals surface area contributed by atoms with Gasteiger partial charge in [-0.3, -0.25) is 0 Å². The van der Waals surface area contributed by atoms with Crippen LogP contribution in [0.25, 0.3) is 12.5 Å². The Morgan fingerprint density at radius 3 is 1.94 bits per heavy atom. The van der Waals surface area contributed by atoms with E-state index >= 15 is 0 Å². The fourth-order valence-electron chi connectivity index (χ4n) is 1.12. The molecule has 0 N–H and O–H groups in total. The minimum absolute atomic E-state index is 0.208. The third-order valence-electron chi connectivity index (χ3n) is 1.82. The lowest BCUT2D eigenvalue weighted by molar-refractivity contribution is 0.113. The molecular weight excluding hydrogens is 498 g/mol. The lowest BCUT2D eigenvalue weighted by Crippen LogP contribution is -2.27. The SMILES string of the molecule is FC(F)(Br)c1cc(=COBr)c(=COBr)cc1Br. The van der Waals surface area contributed by atoms with Crippen LogP contribution in [0.4, 0.5) is 8.78 Å². The molecule has 0 spiro atoms. The molecule has 17 heavy (non-hydrogen) atoms. The van der Waals surface area contributed by atoms with E-state index in [1.165, 1.54) is 24.7 Å². The van der Waals surface area contributed by atoms with Crippen molar-refractivity contribution in [2.24, 2.45) is 0 Å². The molecule has 8 heteroatoms. The Kier molecular flexibility index (Phi) is 5.88. The standard InChI is InChI=1S/C9H4Br4F2O2/c10-8-2-6(4-17-13)5(3-16-12)1-7(8)9(11,14)15/h1-4H. The number of benzene rings is 1. The molecule has 0 bridgehead atoms. The first-order valence-corrected chi connectivity index (χ1v) is 6.90. The summed E-state index contributed by atoms with van der Waals surface area (Å²) >= 11 is 10.9. The fourth-order valence-corrected chi connectivity index (χ4v) is 2.73. The molecule has 0 aliphatic rings. The second-order valence-corrected chi connectivity index (χ2v) is 5.47. The zero-order valence-corrected chi connectivity index (χ0v) is 14.2. The summed E-state index contributed by atoms with van der Waals surface area (Å²) in [5.74, 6) is 0. The van der Waals surface area contributed by atoms with Crippen LogP contribution in [0.3, 0.4) is 0 Å². The lowest BCUT2D eigenvalue weighted by Gasteiger charge is -2.10. The Labute approximate surface area is 130 Å². The van der Waals surface area contributed by atoms with Crippen molar-refractivity contribution in [2.45, 2.75) is 4.83 Å². The molecule has 0 heterocycles. The second-order valence-electron chi connectivity index (χ2n) is 2.87. The van der Waals surface area contributed by atoms with Crippen molar-refractivity contribution >= 4 is 76.9 Å². The molecule has 1 aromatic carbocycles. The Hall–Kier alpha value is 0.340. The van der Waals surface area contributed by atoms with Gasteiger partial charge >= 0.3 is 4.83 Å². The fraction of sp³-hybridized carbons (Fsp3) is 0.111. The molecule has 0 aliphatic carbocycles. The Morgan fingerprint density at radius 1 is 1.06 bits per heavy atom. The first-order chi connectivity index (χ1) is 7.90. The summed E-state index contributed by atoms with van der Waals surface area (Å²) in [4.78, 5) is -3.13. The molecule has 0 atom stereocenters. The molecule has 0 radical (unpaired) electrons. The van der Waals surface area contributed by atoms with Gasteiger partial charge < -0.3 is 7.66 Å². The van der Waals surface area contributed by atoms with Crippen molar-refractivity contribution < 1.29 is 16.4 Å². The van der Waals surface area contributed by atoms with Crippen LogP contribution in [-0.4, -0.2) is 0 Å². The van der Waals surface area contributed by atoms with Crippen molar-refractivity contribution in [1.29, 1.82) is 0 Å². The maximum atomic E-state index is 13.2. The van der Waals surface area contributed by atoms with Gasteiger partial charge in [0.05, 0.1) is 0 Å². The Balaban J connectivity index is 3.58. The van der Waals surface area contributed by atoms with Crippen molar-refractivity contribution in [3.8, 4) is 0 Å². The normalized spacial score (nSPS) is 14.0. The summed E-state index contributed by atoms with van der Waals surface area (Å²) in [5, 5.41) is 0.993. The lowest BCUT2D eigenvalue weighted by atomic mass is 10.1.